The van der Waals surface area contributed by atoms with Crippen molar-refractivity contribution < 1.29 is 9.90 Å². The van der Waals surface area contributed by atoms with Crippen LogP contribution in [0.2, 0.25) is 0 Å². The lowest BCUT2D eigenvalue weighted by Crippen LogP contribution is -2.08. The lowest BCUT2D eigenvalue weighted by atomic mass is 10.2. The van der Waals surface area contributed by atoms with Gasteiger partial charge < -0.3 is 5.11 Å². The van der Waals surface area contributed by atoms with E-state index in [9.17, 15) is 4.79 Å². The number of rotatable bonds is 4. The zero-order chi connectivity index (χ0) is 10.1. The van der Waals surface area contributed by atoms with Crippen LogP contribution in [0, 0.1) is 5.92 Å². The van der Waals surface area contributed by atoms with Gasteiger partial charge in [0, 0.05) is 6.54 Å². The van der Waals surface area contributed by atoms with E-state index >= 15 is 0 Å². The van der Waals surface area contributed by atoms with Gasteiger partial charge >= 0.3 is 5.97 Å². The van der Waals surface area contributed by atoms with Gasteiger partial charge in [0.05, 0.1) is 5.69 Å². The van der Waals surface area contributed by atoms with Crippen LogP contribution in [0.1, 0.15) is 35.9 Å². The molecule has 0 atom stereocenters. The van der Waals surface area contributed by atoms with E-state index in [1.165, 1.54) is 12.8 Å². The van der Waals surface area contributed by atoms with Gasteiger partial charge in [-0.2, -0.15) is 0 Å². The summed E-state index contributed by atoms with van der Waals surface area (Å²) in [7, 11) is 0. The van der Waals surface area contributed by atoms with Crippen molar-refractivity contribution in [1.82, 2.24) is 15.0 Å². The number of aromatic nitrogens is 3. The lowest BCUT2D eigenvalue weighted by Gasteiger charge is -2.02. The first-order chi connectivity index (χ1) is 6.72. The number of hydrogen-bond acceptors (Lipinski definition) is 3. The number of aromatic carboxylic acids is 1. The molecule has 1 aliphatic carbocycles. The van der Waals surface area contributed by atoms with E-state index in [-0.39, 0.29) is 5.69 Å². The molecule has 1 aromatic rings. The minimum Gasteiger partial charge on any atom is -0.476 e. The van der Waals surface area contributed by atoms with Gasteiger partial charge in [-0.05, 0) is 32.1 Å². The molecule has 0 aromatic carbocycles. The van der Waals surface area contributed by atoms with Gasteiger partial charge in [-0.25, -0.2) is 9.48 Å². The Morgan fingerprint density at radius 3 is 2.86 bits per heavy atom. The van der Waals surface area contributed by atoms with E-state index in [4.69, 9.17) is 5.11 Å². The van der Waals surface area contributed by atoms with Gasteiger partial charge in [0.2, 0.25) is 0 Å². The Labute approximate surface area is 81.7 Å². The van der Waals surface area contributed by atoms with Crippen LogP contribution >= 0.6 is 0 Å². The molecule has 0 radical (unpaired) electrons. The van der Waals surface area contributed by atoms with Gasteiger partial charge in [-0.1, -0.05) is 5.21 Å². The number of aryl methyl sites for hydroxylation is 1. The Morgan fingerprint density at radius 1 is 1.64 bits per heavy atom. The first-order valence-corrected chi connectivity index (χ1v) is 4.88. The van der Waals surface area contributed by atoms with Crippen LogP contribution in [0.3, 0.4) is 0 Å². The Morgan fingerprint density at radius 2 is 2.36 bits per heavy atom. The average Bonchev–Trinajstić information content (AvgIpc) is 2.84. The molecule has 0 aliphatic heterocycles. The van der Waals surface area contributed by atoms with Crippen molar-refractivity contribution in [2.24, 2.45) is 5.92 Å². The maximum atomic E-state index is 10.8. The topological polar surface area (TPSA) is 68.0 Å². The van der Waals surface area contributed by atoms with E-state index in [0.717, 1.165) is 12.1 Å². The van der Waals surface area contributed by atoms with Crippen molar-refractivity contribution >= 4 is 5.97 Å². The quantitative estimate of drug-likeness (QED) is 0.776. The second kappa shape index (κ2) is 3.40. The number of carboxylic acids is 1. The molecule has 76 valence electrons. The normalized spacial score (nSPS) is 15.8. The Kier molecular flexibility index (Phi) is 2.23. The summed E-state index contributed by atoms with van der Waals surface area (Å²) in [5.74, 6) is -0.322. The van der Waals surface area contributed by atoms with Gasteiger partial charge in [-0.15, -0.1) is 5.10 Å². The molecule has 5 heteroatoms. The molecule has 0 bridgehead atoms. The molecule has 1 fully saturated rings. The second-order valence-electron chi connectivity index (χ2n) is 3.65. The fourth-order valence-corrected chi connectivity index (χ4v) is 1.55. The van der Waals surface area contributed by atoms with Crippen LogP contribution in [0.5, 0.6) is 0 Å². The predicted molar refractivity (Wildman–Crippen MR) is 49.1 cm³/mol. The lowest BCUT2D eigenvalue weighted by molar-refractivity contribution is 0.0689. The molecule has 0 unspecified atom stereocenters. The molecule has 14 heavy (non-hydrogen) atoms. The summed E-state index contributed by atoms with van der Waals surface area (Å²) in [5, 5.41) is 16.4. The van der Waals surface area contributed by atoms with E-state index in [2.05, 4.69) is 10.3 Å². The fourth-order valence-electron chi connectivity index (χ4n) is 1.55. The van der Waals surface area contributed by atoms with Crippen LogP contribution in [0.4, 0.5) is 0 Å². The van der Waals surface area contributed by atoms with Gasteiger partial charge in [0.25, 0.3) is 0 Å². The third kappa shape index (κ3) is 1.62. The average molecular weight is 195 g/mol. The molecule has 1 saturated carbocycles. The Hall–Kier alpha value is -1.39. The SMILES string of the molecule is CCn1nnc(C(=O)O)c1CC1CC1. The molecule has 1 N–H and O–H groups in total. The molecule has 5 nitrogen and oxygen atoms in total. The summed E-state index contributed by atoms with van der Waals surface area (Å²) in [6.45, 7) is 2.62. The summed E-state index contributed by atoms with van der Waals surface area (Å²) in [5.41, 5.74) is 0.904. The van der Waals surface area contributed by atoms with E-state index in [1.54, 1.807) is 4.68 Å². The molecule has 0 saturated heterocycles. The number of carbonyl (C=O) groups is 1. The molecular formula is C9H13N3O2. The second-order valence-corrected chi connectivity index (χ2v) is 3.65. The maximum Gasteiger partial charge on any atom is 0.358 e. The van der Waals surface area contributed by atoms with Crippen LogP contribution in [-0.4, -0.2) is 26.1 Å². The van der Waals surface area contributed by atoms with Crippen molar-refractivity contribution in [3.05, 3.63) is 11.4 Å². The van der Waals surface area contributed by atoms with Crippen molar-refractivity contribution in [2.45, 2.75) is 32.7 Å². The van der Waals surface area contributed by atoms with Crippen LogP contribution < -0.4 is 0 Å². The Bertz CT molecular complexity index is 355. The van der Waals surface area contributed by atoms with E-state index < -0.39 is 5.97 Å². The molecule has 1 heterocycles. The van der Waals surface area contributed by atoms with Crippen molar-refractivity contribution in [3.8, 4) is 0 Å². The highest BCUT2D eigenvalue weighted by molar-refractivity contribution is 5.86. The summed E-state index contributed by atoms with van der Waals surface area (Å²) in [6.07, 6.45) is 3.21. The highest BCUT2D eigenvalue weighted by atomic mass is 16.4. The van der Waals surface area contributed by atoms with Crippen LogP contribution in [0.15, 0.2) is 0 Å². The molecule has 0 amide bonds. The van der Waals surface area contributed by atoms with Crippen molar-refractivity contribution in [2.75, 3.05) is 0 Å². The first-order valence-electron chi connectivity index (χ1n) is 4.88. The van der Waals surface area contributed by atoms with E-state index in [0.29, 0.717) is 12.5 Å². The smallest absolute Gasteiger partial charge is 0.358 e. The molecule has 1 aliphatic rings. The molecule has 0 spiro atoms. The third-order valence-corrected chi connectivity index (χ3v) is 2.52. The summed E-state index contributed by atoms with van der Waals surface area (Å²) in [6, 6.07) is 0. The fraction of sp³-hybridized carbons (Fsp3) is 0.667. The number of nitrogens with zero attached hydrogens (tertiary/aromatic N) is 3. The zero-order valence-corrected chi connectivity index (χ0v) is 8.10. The van der Waals surface area contributed by atoms with Crippen molar-refractivity contribution in [3.63, 3.8) is 0 Å². The maximum absolute atomic E-state index is 10.8. The predicted octanol–water partition coefficient (Wildman–Crippen LogP) is 0.949. The number of carboxylic acid groups (broad SMARTS) is 1. The summed E-state index contributed by atoms with van der Waals surface area (Å²) in [4.78, 5) is 10.8. The standard InChI is InChI=1S/C9H13N3O2/c1-2-12-7(5-6-3-4-6)8(9(13)14)10-11-12/h6H,2-5H2,1H3,(H,13,14). The number of hydrogen-bond donors (Lipinski definition) is 1. The van der Waals surface area contributed by atoms with Crippen LogP contribution in [-0.2, 0) is 13.0 Å². The van der Waals surface area contributed by atoms with Gasteiger partial charge in [-0.3, -0.25) is 0 Å². The minimum absolute atomic E-state index is 0.124. The van der Waals surface area contributed by atoms with Crippen LogP contribution in [0.25, 0.3) is 0 Å². The first kappa shape index (κ1) is 9.18. The van der Waals surface area contributed by atoms with Crippen molar-refractivity contribution in [1.29, 1.82) is 0 Å². The van der Waals surface area contributed by atoms with E-state index in [1.807, 2.05) is 6.92 Å². The molecule has 2 rings (SSSR count). The zero-order valence-electron chi connectivity index (χ0n) is 8.10. The Balaban J connectivity index is 2.29. The minimum atomic E-state index is -0.972. The van der Waals surface area contributed by atoms with Gasteiger partial charge in [0.1, 0.15) is 0 Å². The van der Waals surface area contributed by atoms with Gasteiger partial charge in [0.15, 0.2) is 5.69 Å². The largest absolute Gasteiger partial charge is 0.476 e. The monoisotopic (exact) mass is 195 g/mol. The summed E-state index contributed by atoms with van der Waals surface area (Å²) < 4.78 is 1.68. The molecule has 1 aromatic heterocycles. The summed E-state index contributed by atoms with van der Waals surface area (Å²) >= 11 is 0. The highest BCUT2D eigenvalue weighted by Gasteiger charge is 2.27. The molecular weight excluding hydrogens is 182 g/mol. The third-order valence-electron chi connectivity index (χ3n) is 2.52. The highest BCUT2D eigenvalue weighted by Crippen LogP contribution is 2.33.